The molecule has 0 aromatic carbocycles. The molecule has 1 N–H and O–H groups in total. The summed E-state index contributed by atoms with van der Waals surface area (Å²) in [6.07, 6.45) is -4.45. The van der Waals surface area contributed by atoms with Crippen LogP contribution >= 0.6 is 0 Å². The molecule has 6 nitrogen and oxygen atoms in total. The van der Waals surface area contributed by atoms with Gasteiger partial charge in [0.05, 0.1) is 0 Å². The molecule has 0 saturated heterocycles. The van der Waals surface area contributed by atoms with Crippen molar-refractivity contribution in [2.45, 2.75) is 26.4 Å². The lowest BCUT2D eigenvalue weighted by Crippen LogP contribution is -2.26. The molecule has 0 spiro atoms. The van der Waals surface area contributed by atoms with Crippen molar-refractivity contribution in [1.29, 1.82) is 0 Å². The van der Waals surface area contributed by atoms with E-state index in [9.17, 15) is 18.0 Å². The second kappa shape index (κ2) is 6.12. The van der Waals surface area contributed by atoms with Crippen molar-refractivity contribution in [2.75, 3.05) is 6.54 Å². The topological polar surface area (TPSA) is 80.9 Å². The van der Waals surface area contributed by atoms with Crippen molar-refractivity contribution < 1.29 is 22.5 Å². The molecule has 0 fully saturated rings. The van der Waals surface area contributed by atoms with E-state index in [1.165, 1.54) is 13.0 Å². The second-order valence-corrected chi connectivity index (χ2v) is 4.64. The normalized spacial score (nSPS) is 11.5. The van der Waals surface area contributed by atoms with Crippen molar-refractivity contribution in [3.8, 4) is 0 Å². The molecular weight excluding hydrogens is 301 g/mol. The van der Waals surface area contributed by atoms with Gasteiger partial charge in [0.2, 0.25) is 0 Å². The summed E-state index contributed by atoms with van der Waals surface area (Å²) in [5, 5.41) is 6.05. The van der Waals surface area contributed by atoms with Crippen LogP contribution in [0.2, 0.25) is 0 Å². The summed E-state index contributed by atoms with van der Waals surface area (Å²) in [5.74, 6) is 0.0338. The lowest BCUT2D eigenvalue weighted by atomic mass is 10.3. The van der Waals surface area contributed by atoms with E-state index in [2.05, 4.69) is 20.4 Å². The summed E-state index contributed by atoms with van der Waals surface area (Å²) >= 11 is 0. The molecule has 0 aliphatic carbocycles. The van der Waals surface area contributed by atoms with E-state index in [-0.39, 0.29) is 30.2 Å². The largest absolute Gasteiger partial charge is 0.433 e. The Labute approximate surface area is 123 Å². The van der Waals surface area contributed by atoms with Crippen LogP contribution < -0.4 is 5.32 Å². The molecule has 0 aliphatic heterocycles. The molecule has 0 atom stereocenters. The lowest BCUT2D eigenvalue weighted by Gasteiger charge is -2.09. The molecule has 9 heteroatoms. The summed E-state index contributed by atoms with van der Waals surface area (Å²) in [4.78, 5) is 19.1. The minimum absolute atomic E-state index is 0.0176. The van der Waals surface area contributed by atoms with Gasteiger partial charge in [0, 0.05) is 24.7 Å². The van der Waals surface area contributed by atoms with Gasteiger partial charge in [-0.15, -0.1) is 0 Å². The molecule has 2 aromatic rings. The average molecular weight is 314 g/mol. The average Bonchev–Trinajstić information content (AvgIpc) is 2.84. The zero-order chi connectivity index (χ0) is 16.3. The van der Waals surface area contributed by atoms with Crippen LogP contribution in [0.25, 0.3) is 0 Å². The number of nitrogens with zero attached hydrogens (tertiary/aromatic N) is 3. The van der Waals surface area contributed by atoms with Gasteiger partial charge >= 0.3 is 6.18 Å². The fraction of sp³-hybridized carbons (Fsp3) is 0.385. The van der Waals surface area contributed by atoms with Crippen LogP contribution in [-0.4, -0.2) is 27.6 Å². The van der Waals surface area contributed by atoms with Gasteiger partial charge in [0.25, 0.3) is 5.91 Å². The van der Waals surface area contributed by atoms with E-state index in [1.807, 2.05) is 0 Å². The molecule has 22 heavy (non-hydrogen) atoms. The first kappa shape index (κ1) is 15.9. The number of carbonyl (C=O) groups is 1. The fourth-order valence-electron chi connectivity index (χ4n) is 1.74. The number of halogens is 3. The van der Waals surface area contributed by atoms with Crippen LogP contribution in [-0.2, 0) is 12.6 Å². The van der Waals surface area contributed by atoms with E-state index in [0.717, 1.165) is 6.07 Å². The first-order valence-electron chi connectivity index (χ1n) is 6.39. The Hall–Kier alpha value is -2.45. The zero-order valence-electron chi connectivity index (χ0n) is 11.9. The van der Waals surface area contributed by atoms with Gasteiger partial charge in [-0.25, -0.2) is 9.97 Å². The van der Waals surface area contributed by atoms with Gasteiger partial charge in [-0.3, -0.25) is 4.79 Å². The predicted octanol–water partition coefficient (Wildman–Crippen LogP) is 2.07. The van der Waals surface area contributed by atoms with Crippen molar-refractivity contribution >= 4 is 5.91 Å². The predicted molar refractivity (Wildman–Crippen MR) is 69.0 cm³/mol. The number of hydrogen-bond donors (Lipinski definition) is 1. The molecule has 0 saturated carbocycles. The molecule has 2 heterocycles. The highest BCUT2D eigenvalue weighted by atomic mass is 19.4. The molecule has 0 unspecified atom stereocenters. The van der Waals surface area contributed by atoms with E-state index < -0.39 is 17.8 Å². The maximum absolute atomic E-state index is 12.6. The number of hydrogen-bond acceptors (Lipinski definition) is 5. The van der Waals surface area contributed by atoms with E-state index in [4.69, 9.17) is 4.52 Å². The third kappa shape index (κ3) is 4.03. The smallest absolute Gasteiger partial charge is 0.361 e. The number of alkyl halides is 3. The highest BCUT2D eigenvalue weighted by Gasteiger charge is 2.33. The van der Waals surface area contributed by atoms with E-state index in [0.29, 0.717) is 5.76 Å². The minimum Gasteiger partial charge on any atom is -0.361 e. The molecule has 0 bridgehead atoms. The molecule has 0 radical (unpaired) electrons. The lowest BCUT2D eigenvalue weighted by molar-refractivity contribution is -0.141. The Morgan fingerprint density at radius 3 is 2.59 bits per heavy atom. The van der Waals surface area contributed by atoms with Crippen LogP contribution in [0.4, 0.5) is 13.2 Å². The van der Waals surface area contributed by atoms with Crippen molar-refractivity contribution in [2.24, 2.45) is 0 Å². The van der Waals surface area contributed by atoms with Gasteiger partial charge in [-0.1, -0.05) is 5.16 Å². The third-order valence-corrected chi connectivity index (χ3v) is 2.69. The first-order chi connectivity index (χ1) is 10.3. The summed E-state index contributed by atoms with van der Waals surface area (Å²) < 4.78 is 42.7. The van der Waals surface area contributed by atoms with E-state index >= 15 is 0 Å². The van der Waals surface area contributed by atoms with Crippen LogP contribution in [0.5, 0.6) is 0 Å². The quantitative estimate of drug-likeness (QED) is 0.934. The second-order valence-electron chi connectivity index (χ2n) is 4.64. The molecular formula is C13H13F3N4O2. The molecule has 118 valence electrons. The van der Waals surface area contributed by atoms with Gasteiger partial charge < -0.3 is 9.84 Å². The van der Waals surface area contributed by atoms with Gasteiger partial charge in [0.1, 0.15) is 17.3 Å². The molecule has 2 aromatic heterocycles. The van der Waals surface area contributed by atoms with Gasteiger partial charge in [0.15, 0.2) is 5.69 Å². The Morgan fingerprint density at radius 2 is 2.00 bits per heavy atom. The Bertz CT molecular complexity index is 682. The number of aromatic nitrogens is 3. The summed E-state index contributed by atoms with van der Waals surface area (Å²) in [7, 11) is 0. The zero-order valence-corrected chi connectivity index (χ0v) is 11.9. The van der Waals surface area contributed by atoms with Crippen LogP contribution in [0.1, 0.15) is 33.5 Å². The standard InChI is InChI=1S/C13H13F3N4O2/c1-7-5-10(13(14,15)16)19-11(18-7)3-4-17-12(21)9-6-8(2)22-20-9/h5-6H,3-4H2,1-2H3,(H,17,21). The Morgan fingerprint density at radius 1 is 1.27 bits per heavy atom. The Kier molecular flexibility index (Phi) is 4.43. The number of nitrogens with one attached hydrogen (secondary N) is 1. The van der Waals surface area contributed by atoms with Crippen molar-refractivity contribution in [3.05, 3.63) is 40.8 Å². The number of carbonyl (C=O) groups excluding carboxylic acids is 1. The number of rotatable bonds is 4. The Balaban J connectivity index is 1.97. The van der Waals surface area contributed by atoms with Crippen LogP contribution in [0.3, 0.4) is 0 Å². The molecule has 1 amide bonds. The summed E-state index contributed by atoms with van der Waals surface area (Å²) in [5.41, 5.74) is -0.664. The first-order valence-corrected chi connectivity index (χ1v) is 6.39. The van der Waals surface area contributed by atoms with Crippen LogP contribution in [0, 0.1) is 13.8 Å². The minimum atomic E-state index is -4.52. The van der Waals surface area contributed by atoms with E-state index in [1.54, 1.807) is 6.92 Å². The maximum Gasteiger partial charge on any atom is 0.433 e. The number of amides is 1. The summed E-state index contributed by atoms with van der Waals surface area (Å²) in [6.45, 7) is 3.19. The molecule has 2 rings (SSSR count). The van der Waals surface area contributed by atoms with Gasteiger partial charge in [-0.05, 0) is 19.9 Å². The fourth-order valence-corrected chi connectivity index (χ4v) is 1.74. The molecule has 0 aliphatic rings. The van der Waals surface area contributed by atoms with Crippen molar-refractivity contribution in [3.63, 3.8) is 0 Å². The monoisotopic (exact) mass is 314 g/mol. The van der Waals surface area contributed by atoms with Crippen LogP contribution in [0.15, 0.2) is 16.7 Å². The maximum atomic E-state index is 12.6. The third-order valence-electron chi connectivity index (χ3n) is 2.69. The number of aryl methyl sites for hydroxylation is 2. The van der Waals surface area contributed by atoms with Crippen molar-refractivity contribution in [1.82, 2.24) is 20.4 Å². The highest BCUT2D eigenvalue weighted by molar-refractivity contribution is 5.92. The highest BCUT2D eigenvalue weighted by Crippen LogP contribution is 2.27. The SMILES string of the molecule is Cc1cc(C(F)(F)F)nc(CCNC(=O)c2cc(C)on2)n1. The van der Waals surface area contributed by atoms with Gasteiger partial charge in [-0.2, -0.15) is 13.2 Å². The summed E-state index contributed by atoms with van der Waals surface area (Å²) in [6, 6.07) is 2.33.